The third-order valence-electron chi connectivity index (χ3n) is 5.31. The van der Waals surface area contributed by atoms with Crippen molar-refractivity contribution in [3.8, 4) is 11.5 Å². The van der Waals surface area contributed by atoms with Crippen molar-refractivity contribution in [3.05, 3.63) is 62.8 Å². The maximum Gasteiger partial charge on any atom is 0.274 e. The van der Waals surface area contributed by atoms with E-state index in [9.17, 15) is 4.79 Å². The van der Waals surface area contributed by atoms with E-state index in [2.05, 4.69) is 5.32 Å². The van der Waals surface area contributed by atoms with Gasteiger partial charge in [-0.15, -0.1) is 11.3 Å². The average Bonchev–Trinajstić information content (AvgIpc) is 3.36. The van der Waals surface area contributed by atoms with Gasteiger partial charge in [-0.3, -0.25) is 4.79 Å². The third-order valence-corrected chi connectivity index (χ3v) is 6.53. The monoisotopic (exact) mass is 414 g/mol. The topological polar surface area (TPSA) is 50.8 Å². The molecule has 28 heavy (non-hydrogen) atoms. The van der Waals surface area contributed by atoms with Crippen molar-refractivity contribution < 1.29 is 18.7 Å². The number of fused-ring (bicyclic) bond motifs is 3. The standard InChI is InChI=1S/C20H12ClFN2O3S/c21-17-5-4-10(28-17)8-24-14-3-1-2-12-18(14)20(22,19(24)25)11-6-15-16(27-9-26-15)7-13(11)23-12/h1-7,23H,8-9H2. The van der Waals surface area contributed by atoms with E-state index in [-0.39, 0.29) is 18.9 Å². The molecule has 1 unspecified atom stereocenters. The second-order valence-corrected chi connectivity index (χ2v) is 8.63. The van der Waals surface area contributed by atoms with E-state index in [1.807, 2.05) is 12.1 Å². The largest absolute Gasteiger partial charge is 0.454 e. The molecule has 0 aliphatic carbocycles. The van der Waals surface area contributed by atoms with Gasteiger partial charge < -0.3 is 19.7 Å². The lowest BCUT2D eigenvalue weighted by Crippen LogP contribution is -2.39. The molecule has 0 radical (unpaired) electrons. The highest BCUT2D eigenvalue weighted by molar-refractivity contribution is 7.16. The van der Waals surface area contributed by atoms with Gasteiger partial charge in [-0.1, -0.05) is 17.7 Å². The number of nitrogens with one attached hydrogen (secondary N) is 1. The van der Waals surface area contributed by atoms with Crippen LogP contribution in [0.15, 0.2) is 42.5 Å². The van der Waals surface area contributed by atoms with Gasteiger partial charge in [0.1, 0.15) is 0 Å². The average molecular weight is 415 g/mol. The predicted octanol–water partition coefficient (Wildman–Crippen LogP) is 4.95. The van der Waals surface area contributed by atoms with E-state index in [1.165, 1.54) is 16.2 Å². The molecule has 140 valence electrons. The Hall–Kier alpha value is -2.77. The molecule has 3 aromatic rings. The van der Waals surface area contributed by atoms with E-state index >= 15 is 4.39 Å². The van der Waals surface area contributed by atoms with Crippen molar-refractivity contribution in [1.82, 2.24) is 0 Å². The molecule has 4 heterocycles. The normalized spacial score (nSPS) is 20.8. The molecule has 1 aromatic heterocycles. The van der Waals surface area contributed by atoms with E-state index in [0.717, 1.165) is 4.88 Å². The third kappa shape index (κ3) is 1.98. The van der Waals surface area contributed by atoms with Crippen LogP contribution in [-0.2, 0) is 17.0 Å². The zero-order valence-corrected chi connectivity index (χ0v) is 15.9. The number of thiophene rings is 1. The molecular weight excluding hydrogens is 403 g/mol. The molecule has 1 N–H and O–H groups in total. The Morgan fingerprint density at radius 1 is 1.18 bits per heavy atom. The highest BCUT2D eigenvalue weighted by atomic mass is 35.5. The molecule has 3 aliphatic rings. The van der Waals surface area contributed by atoms with Crippen LogP contribution in [0.25, 0.3) is 0 Å². The summed E-state index contributed by atoms with van der Waals surface area (Å²) in [7, 11) is 0. The lowest BCUT2D eigenvalue weighted by molar-refractivity contribution is -0.127. The fraction of sp³-hybridized carbons (Fsp3) is 0.150. The number of benzene rings is 2. The summed E-state index contributed by atoms with van der Waals surface area (Å²) in [6.07, 6.45) is 0. The van der Waals surface area contributed by atoms with Crippen LogP contribution in [0, 0.1) is 0 Å². The first-order valence-electron chi connectivity index (χ1n) is 8.65. The molecule has 1 amide bonds. The van der Waals surface area contributed by atoms with Gasteiger partial charge >= 0.3 is 0 Å². The number of rotatable bonds is 2. The molecule has 5 nitrogen and oxygen atoms in total. The highest BCUT2D eigenvalue weighted by Crippen LogP contribution is 2.58. The molecule has 2 aromatic carbocycles. The van der Waals surface area contributed by atoms with Crippen LogP contribution in [0.2, 0.25) is 4.34 Å². The first-order chi connectivity index (χ1) is 13.6. The van der Waals surface area contributed by atoms with E-state index in [1.54, 1.807) is 30.3 Å². The molecule has 0 saturated heterocycles. The summed E-state index contributed by atoms with van der Waals surface area (Å²) in [6, 6.07) is 12.2. The van der Waals surface area contributed by atoms with Gasteiger partial charge in [0.15, 0.2) is 11.5 Å². The van der Waals surface area contributed by atoms with Crippen LogP contribution >= 0.6 is 22.9 Å². The number of nitrogens with zero attached hydrogens (tertiary/aromatic N) is 1. The summed E-state index contributed by atoms with van der Waals surface area (Å²) in [5, 5.41) is 3.24. The number of alkyl halides is 1. The molecule has 8 heteroatoms. The molecule has 0 bridgehead atoms. The Kier molecular flexibility index (Phi) is 3.12. The highest BCUT2D eigenvalue weighted by Gasteiger charge is 2.57. The minimum atomic E-state index is -2.28. The number of hydrogen-bond donors (Lipinski definition) is 1. The van der Waals surface area contributed by atoms with Gasteiger partial charge in [0.05, 0.1) is 22.1 Å². The van der Waals surface area contributed by atoms with Crippen molar-refractivity contribution in [1.29, 1.82) is 0 Å². The summed E-state index contributed by atoms with van der Waals surface area (Å²) >= 11 is 7.41. The minimum Gasteiger partial charge on any atom is -0.454 e. The number of anilines is 3. The van der Waals surface area contributed by atoms with Gasteiger partial charge in [-0.2, -0.15) is 0 Å². The van der Waals surface area contributed by atoms with Gasteiger partial charge in [-0.25, -0.2) is 4.39 Å². The van der Waals surface area contributed by atoms with E-state index < -0.39 is 11.6 Å². The Morgan fingerprint density at radius 3 is 2.79 bits per heavy atom. The van der Waals surface area contributed by atoms with E-state index in [0.29, 0.717) is 38.5 Å². The van der Waals surface area contributed by atoms with Crippen LogP contribution in [0.3, 0.4) is 0 Å². The molecule has 0 saturated carbocycles. The van der Waals surface area contributed by atoms with Crippen molar-refractivity contribution in [3.63, 3.8) is 0 Å². The minimum absolute atomic E-state index is 0.0783. The van der Waals surface area contributed by atoms with Gasteiger partial charge in [-0.05, 0) is 30.3 Å². The summed E-state index contributed by atoms with van der Waals surface area (Å²) in [5.41, 5.74) is -0.0564. The molecule has 6 rings (SSSR count). The quantitative estimate of drug-likeness (QED) is 0.644. The summed E-state index contributed by atoms with van der Waals surface area (Å²) in [5.74, 6) is 0.362. The summed E-state index contributed by atoms with van der Waals surface area (Å²) < 4.78 is 28.1. The molecular formula is C20H12ClFN2O3S. The van der Waals surface area contributed by atoms with Gasteiger partial charge in [0.25, 0.3) is 5.91 Å². The fourth-order valence-electron chi connectivity index (χ4n) is 4.11. The number of ether oxygens (including phenoxy) is 2. The lowest BCUT2D eigenvalue weighted by Gasteiger charge is -2.29. The second kappa shape index (κ2) is 5.40. The molecule has 0 fully saturated rings. The van der Waals surface area contributed by atoms with Crippen LogP contribution in [0.4, 0.5) is 21.5 Å². The fourth-order valence-corrected chi connectivity index (χ4v) is 5.19. The number of halogens is 2. The van der Waals surface area contributed by atoms with Crippen LogP contribution < -0.4 is 19.7 Å². The summed E-state index contributed by atoms with van der Waals surface area (Å²) in [4.78, 5) is 15.8. The number of carbonyl (C=O) groups excluding carboxylic acids is 1. The van der Waals surface area contributed by atoms with Gasteiger partial charge in [0.2, 0.25) is 12.5 Å². The maximum absolute atomic E-state index is 16.6. The Bertz CT molecular complexity index is 1180. The zero-order chi connectivity index (χ0) is 19.0. The van der Waals surface area contributed by atoms with Crippen molar-refractivity contribution >= 4 is 45.9 Å². The Morgan fingerprint density at radius 2 is 2.00 bits per heavy atom. The number of carbonyl (C=O) groups is 1. The first kappa shape index (κ1) is 16.2. The van der Waals surface area contributed by atoms with Crippen molar-refractivity contribution in [2.75, 3.05) is 17.0 Å². The maximum atomic E-state index is 16.6. The first-order valence-corrected chi connectivity index (χ1v) is 9.85. The predicted molar refractivity (Wildman–Crippen MR) is 105 cm³/mol. The van der Waals surface area contributed by atoms with Crippen molar-refractivity contribution in [2.24, 2.45) is 0 Å². The SMILES string of the molecule is O=C1N(Cc2ccc(Cl)s2)c2cccc3c2C1(F)c1cc2c(cc1N3)OCO2. The Balaban J connectivity index is 1.54. The molecule has 0 spiro atoms. The Labute approximate surface area is 168 Å². The number of hydrogen-bond acceptors (Lipinski definition) is 5. The zero-order valence-electron chi connectivity index (χ0n) is 14.3. The van der Waals surface area contributed by atoms with Crippen molar-refractivity contribution in [2.45, 2.75) is 12.2 Å². The molecule has 3 aliphatic heterocycles. The second-order valence-electron chi connectivity index (χ2n) is 6.83. The summed E-state index contributed by atoms with van der Waals surface area (Å²) in [6.45, 7) is 0.340. The smallest absolute Gasteiger partial charge is 0.274 e. The van der Waals surface area contributed by atoms with Crippen LogP contribution in [0.5, 0.6) is 11.5 Å². The number of amides is 1. The van der Waals surface area contributed by atoms with Gasteiger partial charge in [0, 0.05) is 27.9 Å². The lowest BCUT2D eigenvalue weighted by atomic mass is 9.84. The van der Waals surface area contributed by atoms with Crippen LogP contribution in [-0.4, -0.2) is 12.7 Å². The van der Waals surface area contributed by atoms with Crippen LogP contribution in [0.1, 0.15) is 16.0 Å². The molecule has 1 atom stereocenters. The van der Waals surface area contributed by atoms with E-state index in [4.69, 9.17) is 21.1 Å².